The summed E-state index contributed by atoms with van der Waals surface area (Å²) in [6.07, 6.45) is 0. The smallest absolute Gasteiger partial charge is 0.124 e. The van der Waals surface area contributed by atoms with Crippen LogP contribution in [0.25, 0.3) is 0 Å². The van der Waals surface area contributed by atoms with Crippen molar-refractivity contribution in [3.8, 4) is 11.5 Å². The molecule has 0 aromatic heterocycles. The third-order valence-corrected chi connectivity index (χ3v) is 3.37. The second-order valence-electron chi connectivity index (χ2n) is 5.16. The van der Waals surface area contributed by atoms with E-state index in [-0.39, 0.29) is 6.04 Å². The van der Waals surface area contributed by atoms with Crippen molar-refractivity contribution in [2.45, 2.75) is 26.8 Å². The minimum absolute atomic E-state index is 0.214. The van der Waals surface area contributed by atoms with Crippen LogP contribution in [0.2, 0.25) is 0 Å². The lowest BCUT2D eigenvalue weighted by atomic mass is 10.1. The van der Waals surface area contributed by atoms with Crippen LogP contribution in [0, 0.1) is 13.8 Å². The summed E-state index contributed by atoms with van der Waals surface area (Å²) in [6, 6.07) is 13.8. The van der Waals surface area contributed by atoms with Gasteiger partial charge in [-0.25, -0.2) is 0 Å². The molecule has 0 fully saturated rings. The quantitative estimate of drug-likeness (QED) is 0.878. The maximum Gasteiger partial charge on any atom is 0.124 e. The Balaban J connectivity index is 2.06. The molecular weight excluding hydrogens is 262 g/mol. The van der Waals surface area contributed by atoms with Gasteiger partial charge in [-0.3, -0.25) is 0 Å². The summed E-state index contributed by atoms with van der Waals surface area (Å²) < 4.78 is 11.5. The van der Waals surface area contributed by atoms with Gasteiger partial charge in [0.25, 0.3) is 0 Å². The second kappa shape index (κ2) is 7.14. The molecule has 0 saturated carbocycles. The van der Waals surface area contributed by atoms with Crippen LogP contribution in [-0.4, -0.2) is 13.2 Å². The zero-order chi connectivity index (χ0) is 15.2. The van der Waals surface area contributed by atoms with Gasteiger partial charge in [-0.05, 0) is 38.5 Å². The van der Waals surface area contributed by atoms with E-state index in [9.17, 15) is 0 Å². The van der Waals surface area contributed by atoms with Crippen LogP contribution in [0.5, 0.6) is 11.5 Å². The topological polar surface area (TPSA) is 44.5 Å². The van der Waals surface area contributed by atoms with Gasteiger partial charge >= 0.3 is 0 Å². The molecule has 3 heteroatoms. The van der Waals surface area contributed by atoms with E-state index in [1.165, 1.54) is 5.56 Å². The molecule has 0 amide bonds. The number of hydrogen-bond donors (Lipinski definition) is 1. The van der Waals surface area contributed by atoms with Crippen LogP contribution in [0.1, 0.15) is 29.7 Å². The van der Waals surface area contributed by atoms with E-state index in [0.717, 1.165) is 22.6 Å². The Morgan fingerprint density at radius 3 is 2.48 bits per heavy atom. The zero-order valence-electron chi connectivity index (χ0n) is 12.9. The van der Waals surface area contributed by atoms with E-state index in [4.69, 9.17) is 15.2 Å². The number of hydrogen-bond acceptors (Lipinski definition) is 3. The lowest BCUT2D eigenvalue weighted by Crippen LogP contribution is -2.20. The Morgan fingerprint density at radius 1 is 1.00 bits per heavy atom. The molecule has 2 rings (SSSR count). The van der Waals surface area contributed by atoms with E-state index in [2.05, 4.69) is 13.0 Å². The highest BCUT2D eigenvalue weighted by Crippen LogP contribution is 2.25. The maximum atomic E-state index is 6.25. The second-order valence-corrected chi connectivity index (χ2v) is 5.16. The number of ether oxygens (including phenoxy) is 2. The summed E-state index contributed by atoms with van der Waals surface area (Å²) in [5, 5.41) is 0. The number of aryl methyl sites for hydroxylation is 2. The predicted octanol–water partition coefficient (Wildman–Crippen LogP) is 3.78. The highest BCUT2D eigenvalue weighted by atomic mass is 16.5. The summed E-state index contributed by atoms with van der Waals surface area (Å²) in [5.74, 6) is 1.71. The van der Waals surface area contributed by atoms with Crippen molar-refractivity contribution in [1.82, 2.24) is 0 Å². The number of benzene rings is 2. The molecule has 0 saturated heterocycles. The monoisotopic (exact) mass is 285 g/mol. The SMILES string of the molecule is CCOc1ccccc1C(N)COc1ccc(C)cc1C. The molecule has 0 aliphatic rings. The van der Waals surface area contributed by atoms with E-state index >= 15 is 0 Å². The summed E-state index contributed by atoms with van der Waals surface area (Å²) in [7, 11) is 0. The van der Waals surface area contributed by atoms with Crippen molar-refractivity contribution < 1.29 is 9.47 Å². The van der Waals surface area contributed by atoms with Crippen LogP contribution >= 0.6 is 0 Å². The first-order chi connectivity index (χ1) is 10.1. The van der Waals surface area contributed by atoms with Crippen molar-refractivity contribution in [2.75, 3.05) is 13.2 Å². The Kier molecular flexibility index (Phi) is 5.23. The van der Waals surface area contributed by atoms with E-state index in [1.807, 2.05) is 50.2 Å². The van der Waals surface area contributed by atoms with Gasteiger partial charge in [0.15, 0.2) is 0 Å². The van der Waals surface area contributed by atoms with Gasteiger partial charge in [0.2, 0.25) is 0 Å². The molecule has 1 unspecified atom stereocenters. The molecule has 21 heavy (non-hydrogen) atoms. The highest BCUT2D eigenvalue weighted by molar-refractivity contribution is 5.37. The van der Waals surface area contributed by atoms with Crippen LogP contribution in [0.15, 0.2) is 42.5 Å². The van der Waals surface area contributed by atoms with Crippen molar-refractivity contribution >= 4 is 0 Å². The first kappa shape index (κ1) is 15.4. The fourth-order valence-corrected chi connectivity index (χ4v) is 2.30. The molecule has 2 aromatic rings. The van der Waals surface area contributed by atoms with Gasteiger partial charge in [0.1, 0.15) is 18.1 Å². The number of para-hydroxylation sites is 1. The van der Waals surface area contributed by atoms with Crippen molar-refractivity contribution in [1.29, 1.82) is 0 Å². The summed E-state index contributed by atoms with van der Waals surface area (Å²) in [4.78, 5) is 0. The molecule has 0 aliphatic carbocycles. The first-order valence-corrected chi connectivity index (χ1v) is 7.29. The van der Waals surface area contributed by atoms with Gasteiger partial charge in [-0.2, -0.15) is 0 Å². The van der Waals surface area contributed by atoms with Crippen molar-refractivity contribution in [3.63, 3.8) is 0 Å². The molecule has 0 bridgehead atoms. The van der Waals surface area contributed by atoms with Crippen molar-refractivity contribution in [2.24, 2.45) is 5.73 Å². The molecule has 2 N–H and O–H groups in total. The number of nitrogens with two attached hydrogens (primary N) is 1. The highest BCUT2D eigenvalue weighted by Gasteiger charge is 2.13. The van der Waals surface area contributed by atoms with Gasteiger partial charge in [0, 0.05) is 5.56 Å². The van der Waals surface area contributed by atoms with E-state index < -0.39 is 0 Å². The van der Waals surface area contributed by atoms with Crippen LogP contribution in [0.3, 0.4) is 0 Å². The van der Waals surface area contributed by atoms with E-state index in [0.29, 0.717) is 13.2 Å². The lowest BCUT2D eigenvalue weighted by molar-refractivity contribution is 0.280. The first-order valence-electron chi connectivity index (χ1n) is 7.29. The Labute approximate surface area is 126 Å². The molecular formula is C18H23NO2. The average molecular weight is 285 g/mol. The molecule has 1 atom stereocenters. The summed E-state index contributed by atoms with van der Waals surface area (Å²) in [5.41, 5.74) is 9.58. The number of rotatable bonds is 6. The summed E-state index contributed by atoms with van der Waals surface area (Å²) in [6.45, 7) is 7.13. The maximum absolute atomic E-state index is 6.25. The van der Waals surface area contributed by atoms with Crippen LogP contribution < -0.4 is 15.2 Å². The van der Waals surface area contributed by atoms with Crippen LogP contribution in [-0.2, 0) is 0 Å². The Bertz CT molecular complexity index is 596. The fraction of sp³-hybridized carbons (Fsp3) is 0.333. The standard InChI is InChI=1S/C18H23NO2/c1-4-20-18-8-6-5-7-15(18)16(19)12-21-17-10-9-13(2)11-14(17)3/h5-11,16H,4,12,19H2,1-3H3. The molecule has 0 radical (unpaired) electrons. The Hall–Kier alpha value is -2.00. The largest absolute Gasteiger partial charge is 0.494 e. The summed E-state index contributed by atoms with van der Waals surface area (Å²) >= 11 is 0. The van der Waals surface area contributed by atoms with E-state index in [1.54, 1.807) is 0 Å². The normalized spacial score (nSPS) is 12.0. The lowest BCUT2D eigenvalue weighted by Gasteiger charge is -2.18. The minimum atomic E-state index is -0.214. The molecule has 112 valence electrons. The molecule has 2 aromatic carbocycles. The van der Waals surface area contributed by atoms with Gasteiger partial charge in [0.05, 0.1) is 12.6 Å². The fourth-order valence-electron chi connectivity index (χ4n) is 2.30. The Morgan fingerprint density at radius 2 is 1.76 bits per heavy atom. The third-order valence-electron chi connectivity index (χ3n) is 3.37. The average Bonchev–Trinajstić information content (AvgIpc) is 2.47. The third kappa shape index (κ3) is 3.99. The van der Waals surface area contributed by atoms with Crippen LogP contribution in [0.4, 0.5) is 0 Å². The molecule has 0 heterocycles. The van der Waals surface area contributed by atoms with Gasteiger partial charge in [-0.15, -0.1) is 0 Å². The molecule has 0 aliphatic heterocycles. The van der Waals surface area contributed by atoms with Crippen molar-refractivity contribution in [3.05, 3.63) is 59.2 Å². The molecule has 3 nitrogen and oxygen atoms in total. The van der Waals surface area contributed by atoms with Gasteiger partial charge < -0.3 is 15.2 Å². The minimum Gasteiger partial charge on any atom is -0.494 e. The molecule has 0 spiro atoms. The predicted molar refractivity (Wildman–Crippen MR) is 86.0 cm³/mol. The van der Waals surface area contributed by atoms with Gasteiger partial charge in [-0.1, -0.05) is 35.9 Å². The zero-order valence-corrected chi connectivity index (χ0v) is 12.9.